The van der Waals surface area contributed by atoms with E-state index in [0.29, 0.717) is 26.7 Å². The van der Waals surface area contributed by atoms with E-state index in [1.807, 2.05) is 0 Å². The number of esters is 1. The zero-order chi connectivity index (χ0) is 18.4. The van der Waals surface area contributed by atoms with Crippen molar-refractivity contribution in [2.75, 3.05) is 6.61 Å². The molecule has 2 aromatic rings. The van der Waals surface area contributed by atoms with E-state index in [2.05, 4.69) is 0 Å². The van der Waals surface area contributed by atoms with Gasteiger partial charge in [-0.3, -0.25) is 4.79 Å². The van der Waals surface area contributed by atoms with Gasteiger partial charge in [-0.2, -0.15) is 0 Å². The standard InChI is InChI=1S/C19H16Cl2O4/c1-2-25-19(24)16(11-17(22)23)18(12-3-7-14(20)8-4-12)13-5-9-15(21)10-6-13/h3-10H,2,11H2,1H3,(H,22,23). The largest absolute Gasteiger partial charge is 0.481 e. The van der Waals surface area contributed by atoms with Gasteiger partial charge in [-0.15, -0.1) is 0 Å². The van der Waals surface area contributed by atoms with E-state index in [1.54, 1.807) is 55.5 Å². The fourth-order valence-electron chi connectivity index (χ4n) is 2.38. The molecule has 2 rings (SSSR count). The first-order valence-electron chi connectivity index (χ1n) is 7.56. The molecule has 0 fully saturated rings. The average Bonchev–Trinajstić information content (AvgIpc) is 2.57. The first-order chi connectivity index (χ1) is 11.9. The SMILES string of the molecule is CCOC(=O)C(CC(=O)O)=C(c1ccc(Cl)cc1)c1ccc(Cl)cc1. The van der Waals surface area contributed by atoms with E-state index < -0.39 is 18.4 Å². The van der Waals surface area contributed by atoms with Gasteiger partial charge in [0.05, 0.1) is 18.6 Å². The Morgan fingerprint density at radius 1 is 0.920 bits per heavy atom. The average molecular weight is 379 g/mol. The Kier molecular flexibility index (Phi) is 6.62. The second-order valence-corrected chi connectivity index (χ2v) is 6.03. The van der Waals surface area contributed by atoms with Gasteiger partial charge < -0.3 is 9.84 Å². The molecule has 0 spiro atoms. The minimum absolute atomic E-state index is 0.0685. The smallest absolute Gasteiger partial charge is 0.335 e. The van der Waals surface area contributed by atoms with E-state index in [1.165, 1.54) is 0 Å². The summed E-state index contributed by atoms with van der Waals surface area (Å²) in [7, 11) is 0. The first-order valence-corrected chi connectivity index (χ1v) is 8.32. The zero-order valence-corrected chi connectivity index (χ0v) is 15.0. The Morgan fingerprint density at radius 3 is 1.72 bits per heavy atom. The monoisotopic (exact) mass is 378 g/mol. The third-order valence-corrected chi connectivity index (χ3v) is 3.92. The summed E-state index contributed by atoms with van der Waals surface area (Å²) in [5.74, 6) is -1.78. The molecule has 0 heterocycles. The third-order valence-electron chi connectivity index (χ3n) is 3.42. The molecule has 25 heavy (non-hydrogen) atoms. The van der Waals surface area contributed by atoms with Crippen LogP contribution in [-0.4, -0.2) is 23.7 Å². The third kappa shape index (κ3) is 5.08. The highest BCUT2D eigenvalue weighted by atomic mass is 35.5. The maximum atomic E-state index is 12.4. The summed E-state index contributed by atoms with van der Waals surface area (Å²) in [6.07, 6.45) is -0.459. The normalized spacial score (nSPS) is 10.2. The Hall–Kier alpha value is -2.30. The molecule has 0 amide bonds. The fourth-order valence-corrected chi connectivity index (χ4v) is 2.63. The maximum Gasteiger partial charge on any atom is 0.335 e. The lowest BCUT2D eigenvalue weighted by Gasteiger charge is -2.15. The van der Waals surface area contributed by atoms with Crippen molar-refractivity contribution in [1.29, 1.82) is 0 Å². The number of carboxylic acids is 1. The van der Waals surface area contributed by atoms with Crippen molar-refractivity contribution < 1.29 is 19.4 Å². The van der Waals surface area contributed by atoms with Crippen molar-refractivity contribution in [2.24, 2.45) is 0 Å². The van der Waals surface area contributed by atoms with Crippen LogP contribution in [0.15, 0.2) is 54.1 Å². The van der Waals surface area contributed by atoms with Gasteiger partial charge >= 0.3 is 11.9 Å². The number of aliphatic carboxylic acids is 1. The Bertz CT molecular complexity index is 746. The van der Waals surface area contributed by atoms with Crippen LogP contribution < -0.4 is 0 Å². The molecular formula is C19H16Cl2O4. The molecule has 0 atom stereocenters. The molecule has 1 N–H and O–H groups in total. The maximum absolute atomic E-state index is 12.4. The molecule has 0 radical (unpaired) electrons. The van der Waals surface area contributed by atoms with Crippen molar-refractivity contribution in [3.05, 3.63) is 75.3 Å². The molecule has 0 aliphatic heterocycles. The first kappa shape index (κ1) is 19.0. The molecule has 0 aliphatic carbocycles. The van der Waals surface area contributed by atoms with Crippen LogP contribution in [0.25, 0.3) is 5.57 Å². The summed E-state index contributed by atoms with van der Waals surface area (Å²) in [6.45, 7) is 1.82. The molecule has 0 saturated carbocycles. The van der Waals surface area contributed by atoms with E-state index >= 15 is 0 Å². The highest BCUT2D eigenvalue weighted by molar-refractivity contribution is 6.31. The molecule has 0 bridgehead atoms. The van der Waals surface area contributed by atoms with Gasteiger partial charge in [-0.1, -0.05) is 47.5 Å². The number of carbonyl (C=O) groups excluding carboxylic acids is 1. The fraction of sp³-hybridized carbons (Fsp3) is 0.158. The minimum atomic E-state index is -1.12. The molecule has 6 heteroatoms. The highest BCUT2D eigenvalue weighted by Crippen LogP contribution is 2.31. The summed E-state index contributed by atoms with van der Waals surface area (Å²) >= 11 is 11.9. The van der Waals surface area contributed by atoms with Gasteiger partial charge in [-0.05, 0) is 47.9 Å². The number of carbonyl (C=O) groups is 2. The molecule has 0 unspecified atom stereocenters. The van der Waals surface area contributed by atoms with E-state index in [4.69, 9.17) is 27.9 Å². The molecule has 2 aromatic carbocycles. The van der Waals surface area contributed by atoms with Gasteiger partial charge in [0.1, 0.15) is 0 Å². The lowest BCUT2D eigenvalue weighted by molar-refractivity contribution is -0.142. The molecule has 0 aliphatic rings. The Balaban J connectivity index is 2.71. The second-order valence-electron chi connectivity index (χ2n) is 5.16. The molecule has 0 aromatic heterocycles. The van der Waals surface area contributed by atoms with Gasteiger partial charge in [0, 0.05) is 10.0 Å². The van der Waals surface area contributed by atoms with Crippen LogP contribution in [-0.2, 0) is 14.3 Å². The molecule has 130 valence electrons. The van der Waals surface area contributed by atoms with Gasteiger partial charge in [0.2, 0.25) is 0 Å². The van der Waals surface area contributed by atoms with Gasteiger partial charge in [0.15, 0.2) is 0 Å². The van der Waals surface area contributed by atoms with Crippen LogP contribution in [0.2, 0.25) is 10.0 Å². The van der Waals surface area contributed by atoms with Crippen molar-refractivity contribution in [3.63, 3.8) is 0 Å². The van der Waals surface area contributed by atoms with E-state index in [0.717, 1.165) is 0 Å². The van der Waals surface area contributed by atoms with Crippen molar-refractivity contribution >= 4 is 40.7 Å². The lowest BCUT2D eigenvalue weighted by Crippen LogP contribution is -2.14. The number of benzene rings is 2. The molecular weight excluding hydrogens is 363 g/mol. The quantitative estimate of drug-likeness (QED) is 0.577. The predicted octanol–water partition coefficient (Wildman–Crippen LogP) is 4.83. The van der Waals surface area contributed by atoms with Crippen LogP contribution >= 0.6 is 23.2 Å². The van der Waals surface area contributed by atoms with Gasteiger partial charge in [-0.25, -0.2) is 4.79 Å². The van der Waals surface area contributed by atoms with Crippen molar-refractivity contribution in [3.8, 4) is 0 Å². The summed E-state index contributed by atoms with van der Waals surface area (Å²) in [5.41, 5.74) is 1.88. The van der Waals surface area contributed by atoms with E-state index in [-0.39, 0.29) is 12.2 Å². The summed E-state index contributed by atoms with van der Waals surface area (Å²) in [4.78, 5) is 23.7. The van der Waals surface area contributed by atoms with Crippen molar-refractivity contribution in [1.82, 2.24) is 0 Å². The summed E-state index contributed by atoms with van der Waals surface area (Å²) in [5, 5.41) is 10.3. The predicted molar refractivity (Wildman–Crippen MR) is 97.8 cm³/mol. The Morgan fingerprint density at radius 2 is 1.36 bits per heavy atom. The molecule has 0 saturated heterocycles. The number of halogens is 2. The Labute approximate surface area is 155 Å². The number of hydrogen-bond acceptors (Lipinski definition) is 3. The van der Waals surface area contributed by atoms with Crippen LogP contribution in [0.5, 0.6) is 0 Å². The van der Waals surface area contributed by atoms with Crippen LogP contribution in [0.3, 0.4) is 0 Å². The minimum Gasteiger partial charge on any atom is -0.481 e. The highest BCUT2D eigenvalue weighted by Gasteiger charge is 2.22. The lowest BCUT2D eigenvalue weighted by atomic mass is 9.91. The second kappa shape index (κ2) is 8.70. The molecule has 4 nitrogen and oxygen atoms in total. The van der Waals surface area contributed by atoms with Crippen LogP contribution in [0.4, 0.5) is 0 Å². The number of carboxylic acid groups (broad SMARTS) is 1. The summed E-state index contributed by atoms with van der Waals surface area (Å²) < 4.78 is 5.06. The number of ether oxygens (including phenoxy) is 1. The number of rotatable bonds is 6. The van der Waals surface area contributed by atoms with Crippen LogP contribution in [0, 0.1) is 0 Å². The van der Waals surface area contributed by atoms with Gasteiger partial charge in [0.25, 0.3) is 0 Å². The van der Waals surface area contributed by atoms with E-state index in [9.17, 15) is 14.7 Å². The van der Waals surface area contributed by atoms with Crippen molar-refractivity contribution in [2.45, 2.75) is 13.3 Å². The zero-order valence-electron chi connectivity index (χ0n) is 13.5. The van der Waals surface area contributed by atoms with Crippen LogP contribution in [0.1, 0.15) is 24.5 Å². The number of hydrogen-bond donors (Lipinski definition) is 1. The summed E-state index contributed by atoms with van der Waals surface area (Å²) in [6, 6.07) is 13.6. The topological polar surface area (TPSA) is 63.6 Å².